The van der Waals surface area contributed by atoms with E-state index in [0.717, 1.165) is 20.6 Å². The third kappa shape index (κ3) is 4.27. The van der Waals surface area contributed by atoms with Gasteiger partial charge < -0.3 is 16.0 Å². The minimum absolute atomic E-state index is 0.0379. The Morgan fingerprint density at radius 3 is 2.43 bits per heavy atom. The maximum absolute atomic E-state index is 13.7. The maximum Gasteiger partial charge on any atom is 0.197 e. The van der Waals surface area contributed by atoms with Crippen LogP contribution >= 0.6 is 22.6 Å². The first-order valence-electron chi connectivity index (χ1n) is 6.56. The normalized spacial score (nSPS) is 11.4. The third-order valence-corrected chi connectivity index (χ3v) is 3.73. The van der Waals surface area contributed by atoms with E-state index >= 15 is 0 Å². The van der Waals surface area contributed by atoms with E-state index in [1.54, 1.807) is 12.1 Å². The van der Waals surface area contributed by atoms with E-state index in [0.29, 0.717) is 0 Å². The second-order valence-electron chi connectivity index (χ2n) is 4.60. The van der Waals surface area contributed by atoms with Gasteiger partial charge in [0.15, 0.2) is 5.96 Å². The Balaban J connectivity index is 2.07. The molecule has 0 atom stereocenters. The molecule has 2 rings (SSSR count). The summed E-state index contributed by atoms with van der Waals surface area (Å²) in [4.78, 5) is 5.04. The van der Waals surface area contributed by atoms with Crippen molar-refractivity contribution in [1.29, 1.82) is 0 Å². The molecule has 23 heavy (non-hydrogen) atoms. The van der Waals surface area contributed by atoms with Crippen LogP contribution in [0.2, 0.25) is 0 Å². The molecule has 0 heterocycles. The summed E-state index contributed by atoms with van der Waals surface area (Å²) < 4.78 is 41.8. The molecule has 2 aromatic rings. The molecular weight excluding hydrogens is 420 g/mol. The van der Waals surface area contributed by atoms with Gasteiger partial charge in [0.05, 0.1) is 5.69 Å². The summed E-state index contributed by atoms with van der Waals surface area (Å²) in [5, 5.41) is 2.75. The Hall–Kier alpha value is -1.97. The van der Waals surface area contributed by atoms with E-state index in [1.807, 2.05) is 22.6 Å². The Kier molecular flexibility index (Phi) is 5.69. The number of guanidine groups is 1. The third-order valence-electron chi connectivity index (χ3n) is 3.06. The highest BCUT2D eigenvalue weighted by atomic mass is 127. The summed E-state index contributed by atoms with van der Waals surface area (Å²) in [5.74, 6) is -2.02. The summed E-state index contributed by atoms with van der Waals surface area (Å²) >= 11 is 2.00. The van der Waals surface area contributed by atoms with E-state index < -0.39 is 17.5 Å². The summed E-state index contributed by atoms with van der Waals surface area (Å²) in [6, 6.07) is 8.19. The van der Waals surface area contributed by atoms with Gasteiger partial charge in [-0.05, 0) is 52.9 Å². The zero-order chi connectivity index (χ0) is 17.0. The molecule has 0 saturated heterocycles. The van der Waals surface area contributed by atoms with Gasteiger partial charge >= 0.3 is 0 Å². The average molecular weight is 434 g/mol. The second-order valence-corrected chi connectivity index (χ2v) is 5.85. The number of rotatable bonds is 4. The van der Waals surface area contributed by atoms with Gasteiger partial charge in [-0.1, -0.05) is 6.07 Å². The second kappa shape index (κ2) is 7.53. The lowest BCUT2D eigenvalue weighted by atomic mass is 10.2. The van der Waals surface area contributed by atoms with E-state index in [2.05, 4.69) is 10.3 Å². The quantitative estimate of drug-likeness (QED) is 0.440. The fourth-order valence-electron chi connectivity index (χ4n) is 1.87. The Morgan fingerprint density at radius 1 is 1.17 bits per heavy atom. The van der Waals surface area contributed by atoms with Gasteiger partial charge in [-0.3, -0.25) is 0 Å². The van der Waals surface area contributed by atoms with Crippen molar-refractivity contribution in [3.05, 3.63) is 57.4 Å². The number of halogens is 4. The maximum atomic E-state index is 13.7. The van der Waals surface area contributed by atoms with Crippen LogP contribution in [0, 0.1) is 21.0 Å². The van der Waals surface area contributed by atoms with Crippen LogP contribution in [0.1, 0.15) is 0 Å². The van der Waals surface area contributed by atoms with Crippen LogP contribution < -0.4 is 16.0 Å². The van der Waals surface area contributed by atoms with Crippen molar-refractivity contribution < 1.29 is 13.2 Å². The van der Waals surface area contributed by atoms with E-state index in [-0.39, 0.29) is 24.0 Å². The molecule has 0 saturated carbocycles. The van der Waals surface area contributed by atoms with Gasteiger partial charge in [0, 0.05) is 10.6 Å². The van der Waals surface area contributed by atoms with E-state index in [9.17, 15) is 13.2 Å². The Labute approximate surface area is 145 Å². The lowest BCUT2D eigenvalue weighted by Crippen LogP contribution is -2.35. The van der Waals surface area contributed by atoms with Crippen LogP contribution in [-0.2, 0) is 0 Å². The minimum atomic E-state index is -0.748. The number of nitrogens with one attached hydrogen (secondary N) is 1. The van der Waals surface area contributed by atoms with Crippen molar-refractivity contribution in [2.24, 2.45) is 10.7 Å². The zero-order valence-electron chi connectivity index (χ0n) is 12.2. The van der Waals surface area contributed by atoms with Crippen molar-refractivity contribution in [2.75, 3.05) is 23.9 Å². The molecular formula is C15H14F3IN4. The molecule has 0 aromatic heterocycles. The molecule has 0 fully saturated rings. The Bertz CT molecular complexity index is 716. The van der Waals surface area contributed by atoms with Gasteiger partial charge in [-0.15, -0.1) is 0 Å². The van der Waals surface area contributed by atoms with Crippen molar-refractivity contribution in [3.63, 3.8) is 0 Å². The smallest absolute Gasteiger partial charge is 0.197 e. The first kappa shape index (κ1) is 17.4. The Morgan fingerprint density at radius 2 is 1.83 bits per heavy atom. The number of para-hydroxylation sites is 1. The summed E-state index contributed by atoms with van der Waals surface area (Å²) in [6.07, 6.45) is 0. The molecule has 2 aromatic carbocycles. The number of hydrogen-bond donors (Lipinski definition) is 2. The molecule has 0 unspecified atom stereocenters. The highest BCUT2D eigenvalue weighted by Crippen LogP contribution is 2.21. The van der Waals surface area contributed by atoms with E-state index in [4.69, 9.17) is 5.73 Å². The highest BCUT2D eigenvalue weighted by molar-refractivity contribution is 14.1. The van der Waals surface area contributed by atoms with Crippen LogP contribution in [0.15, 0.2) is 41.4 Å². The monoisotopic (exact) mass is 434 g/mol. The zero-order valence-corrected chi connectivity index (χ0v) is 14.3. The number of aliphatic imine (C=N–C) groups is 1. The van der Waals surface area contributed by atoms with Crippen LogP contribution in [0.25, 0.3) is 0 Å². The van der Waals surface area contributed by atoms with Gasteiger partial charge in [-0.2, -0.15) is 0 Å². The topological polar surface area (TPSA) is 53.6 Å². The predicted octanol–water partition coefficient (Wildman–Crippen LogP) is 3.53. The van der Waals surface area contributed by atoms with Gasteiger partial charge in [0.2, 0.25) is 0 Å². The van der Waals surface area contributed by atoms with Crippen molar-refractivity contribution in [1.82, 2.24) is 0 Å². The number of anilines is 2. The molecule has 0 aliphatic heterocycles. The lowest BCUT2D eigenvalue weighted by Gasteiger charge is -2.19. The van der Waals surface area contributed by atoms with Gasteiger partial charge in [0.25, 0.3) is 0 Å². The van der Waals surface area contributed by atoms with Gasteiger partial charge in [-0.25, -0.2) is 18.2 Å². The molecule has 122 valence electrons. The standard InChI is InChI=1S/C15H14F3IN4/c1-23(14-10(16)3-2-4-11(14)17)15(20)22-8-21-13-6-5-9(19)7-12(13)18/h2-7,21H,8H2,1H3,(H2,20,22). The average Bonchev–Trinajstić information content (AvgIpc) is 2.49. The fourth-order valence-corrected chi connectivity index (χ4v) is 2.32. The first-order valence-corrected chi connectivity index (χ1v) is 7.64. The summed E-state index contributed by atoms with van der Waals surface area (Å²) in [5.41, 5.74) is 5.69. The predicted molar refractivity (Wildman–Crippen MR) is 94.0 cm³/mol. The summed E-state index contributed by atoms with van der Waals surface area (Å²) in [7, 11) is 1.39. The number of hydrogen-bond acceptors (Lipinski definition) is 2. The van der Waals surface area contributed by atoms with Crippen LogP contribution in [0.4, 0.5) is 24.5 Å². The molecule has 0 aliphatic carbocycles. The van der Waals surface area contributed by atoms with Gasteiger partial charge in [0.1, 0.15) is 29.8 Å². The molecule has 8 heteroatoms. The molecule has 0 amide bonds. The van der Waals surface area contributed by atoms with Crippen molar-refractivity contribution in [3.8, 4) is 0 Å². The lowest BCUT2D eigenvalue weighted by molar-refractivity contribution is 0.585. The number of nitrogens with zero attached hydrogens (tertiary/aromatic N) is 2. The van der Waals surface area contributed by atoms with E-state index in [1.165, 1.54) is 19.2 Å². The molecule has 0 spiro atoms. The minimum Gasteiger partial charge on any atom is -0.369 e. The van der Waals surface area contributed by atoms with Crippen LogP contribution in [0.5, 0.6) is 0 Å². The molecule has 0 bridgehead atoms. The molecule has 0 radical (unpaired) electrons. The van der Waals surface area contributed by atoms with Crippen LogP contribution in [-0.4, -0.2) is 19.7 Å². The summed E-state index contributed by atoms with van der Waals surface area (Å²) in [6.45, 7) is -0.0379. The number of benzene rings is 2. The highest BCUT2D eigenvalue weighted by Gasteiger charge is 2.15. The molecule has 4 nitrogen and oxygen atoms in total. The fraction of sp³-hybridized carbons (Fsp3) is 0.133. The SMILES string of the molecule is CN(C(N)=NCNc1ccc(I)cc1F)c1c(F)cccc1F. The van der Waals surface area contributed by atoms with Crippen molar-refractivity contribution >= 4 is 39.9 Å². The molecule has 3 N–H and O–H groups in total. The van der Waals surface area contributed by atoms with Crippen molar-refractivity contribution in [2.45, 2.75) is 0 Å². The van der Waals surface area contributed by atoms with Crippen LogP contribution in [0.3, 0.4) is 0 Å². The first-order chi connectivity index (χ1) is 10.9. The largest absolute Gasteiger partial charge is 0.369 e. The molecule has 0 aliphatic rings. The number of nitrogens with two attached hydrogens (primary N) is 1.